The zero-order valence-corrected chi connectivity index (χ0v) is 14.5. The quantitative estimate of drug-likeness (QED) is 0.822. The molecule has 0 spiro atoms. The van der Waals surface area contributed by atoms with E-state index >= 15 is 0 Å². The summed E-state index contributed by atoms with van der Waals surface area (Å²) in [6, 6.07) is 13.3. The van der Waals surface area contributed by atoms with Crippen molar-refractivity contribution in [3.05, 3.63) is 64.7 Å². The minimum atomic E-state index is -0.586. The van der Waals surface area contributed by atoms with E-state index in [1.165, 1.54) is 16.7 Å². The second kappa shape index (κ2) is 8.50. The molecule has 1 amide bonds. The van der Waals surface area contributed by atoms with Gasteiger partial charge >= 0.3 is 0 Å². The van der Waals surface area contributed by atoms with Gasteiger partial charge in [0.25, 0.3) is 5.91 Å². The number of nitrogens with one attached hydrogen (secondary N) is 1. The van der Waals surface area contributed by atoms with Gasteiger partial charge < -0.3 is 15.2 Å². The molecule has 0 heterocycles. The summed E-state index contributed by atoms with van der Waals surface area (Å²) < 4.78 is 5.65. The Hall–Kier alpha value is -2.33. The average Bonchev–Trinajstić information content (AvgIpc) is 2.57. The number of rotatable bonds is 7. The maximum absolute atomic E-state index is 12.2. The second-order valence-electron chi connectivity index (χ2n) is 5.98. The van der Waals surface area contributed by atoms with Crippen molar-refractivity contribution in [3.63, 3.8) is 0 Å². The normalized spacial score (nSPS) is 11.8. The molecule has 128 valence electrons. The van der Waals surface area contributed by atoms with Crippen LogP contribution in [-0.4, -0.2) is 23.7 Å². The van der Waals surface area contributed by atoms with E-state index in [2.05, 4.69) is 31.3 Å². The molecule has 1 unspecified atom stereocenters. The van der Waals surface area contributed by atoms with Crippen molar-refractivity contribution in [1.29, 1.82) is 0 Å². The first-order valence-electron chi connectivity index (χ1n) is 8.20. The van der Waals surface area contributed by atoms with Gasteiger partial charge in [-0.3, -0.25) is 4.79 Å². The van der Waals surface area contributed by atoms with Crippen LogP contribution in [0.4, 0.5) is 0 Å². The maximum atomic E-state index is 12.2. The summed E-state index contributed by atoms with van der Waals surface area (Å²) >= 11 is 0. The lowest BCUT2D eigenvalue weighted by atomic mass is 10.0. The van der Waals surface area contributed by atoms with Gasteiger partial charge in [0.1, 0.15) is 5.75 Å². The Bertz CT molecular complexity index is 677. The Morgan fingerprint density at radius 3 is 2.50 bits per heavy atom. The highest BCUT2D eigenvalue weighted by atomic mass is 16.5. The van der Waals surface area contributed by atoms with Crippen molar-refractivity contribution < 1.29 is 14.6 Å². The van der Waals surface area contributed by atoms with Gasteiger partial charge in [-0.25, -0.2) is 0 Å². The first kappa shape index (κ1) is 18.0. The lowest BCUT2D eigenvalue weighted by molar-refractivity contribution is -0.127. The van der Waals surface area contributed by atoms with Crippen molar-refractivity contribution in [2.24, 2.45) is 0 Å². The highest BCUT2D eigenvalue weighted by Crippen LogP contribution is 2.15. The molecule has 0 saturated carbocycles. The van der Waals surface area contributed by atoms with Gasteiger partial charge in [0, 0.05) is 6.54 Å². The topological polar surface area (TPSA) is 58.6 Å². The van der Waals surface area contributed by atoms with Gasteiger partial charge in [-0.2, -0.15) is 0 Å². The molecule has 2 aromatic carbocycles. The third-order valence-electron chi connectivity index (χ3n) is 4.08. The Labute approximate surface area is 143 Å². The van der Waals surface area contributed by atoms with Crippen LogP contribution < -0.4 is 10.1 Å². The van der Waals surface area contributed by atoms with Gasteiger partial charge in [-0.1, -0.05) is 30.3 Å². The Morgan fingerprint density at radius 2 is 1.83 bits per heavy atom. The van der Waals surface area contributed by atoms with Crippen LogP contribution >= 0.6 is 0 Å². The Morgan fingerprint density at radius 1 is 1.17 bits per heavy atom. The van der Waals surface area contributed by atoms with E-state index in [9.17, 15) is 4.79 Å². The summed E-state index contributed by atoms with van der Waals surface area (Å²) in [4.78, 5) is 12.2. The maximum Gasteiger partial charge on any atom is 0.260 e. The predicted molar refractivity (Wildman–Crippen MR) is 95.1 cm³/mol. The van der Waals surface area contributed by atoms with Crippen LogP contribution in [0.25, 0.3) is 0 Å². The number of ether oxygens (including phenoxy) is 1. The molecule has 0 aromatic heterocycles. The fourth-order valence-electron chi connectivity index (χ4n) is 2.67. The molecule has 4 nitrogen and oxygen atoms in total. The van der Waals surface area contributed by atoms with Crippen LogP contribution in [0.3, 0.4) is 0 Å². The third kappa shape index (κ3) is 4.83. The molecule has 2 N–H and O–H groups in total. The standard InChI is InChI=1S/C20H25NO3/c1-14-6-4-7-15(2)19(14)10-11-21-20(23)16(3)24-18-9-5-8-17(12-18)13-22/h4-9,12,16,22H,10-11,13H2,1-3H3,(H,21,23). The van der Waals surface area contributed by atoms with Crippen LogP contribution in [0.2, 0.25) is 0 Å². The lowest BCUT2D eigenvalue weighted by Gasteiger charge is -2.16. The summed E-state index contributed by atoms with van der Waals surface area (Å²) in [5.74, 6) is 0.439. The van der Waals surface area contributed by atoms with Crippen LogP contribution in [0.1, 0.15) is 29.2 Å². The largest absolute Gasteiger partial charge is 0.481 e. The molecule has 0 saturated heterocycles. The first-order chi connectivity index (χ1) is 11.5. The highest BCUT2D eigenvalue weighted by molar-refractivity contribution is 5.80. The molecular weight excluding hydrogens is 302 g/mol. The minimum Gasteiger partial charge on any atom is -0.481 e. The monoisotopic (exact) mass is 327 g/mol. The summed E-state index contributed by atoms with van der Waals surface area (Å²) in [5.41, 5.74) is 4.53. The SMILES string of the molecule is Cc1cccc(C)c1CCNC(=O)C(C)Oc1cccc(CO)c1. The van der Waals surface area contributed by atoms with E-state index < -0.39 is 6.10 Å². The smallest absolute Gasteiger partial charge is 0.260 e. The molecule has 0 aliphatic rings. The van der Waals surface area contributed by atoms with Crippen LogP contribution in [-0.2, 0) is 17.8 Å². The van der Waals surface area contributed by atoms with Crippen LogP contribution in [0, 0.1) is 13.8 Å². The highest BCUT2D eigenvalue weighted by Gasteiger charge is 2.14. The Balaban J connectivity index is 1.85. The molecule has 24 heavy (non-hydrogen) atoms. The third-order valence-corrected chi connectivity index (χ3v) is 4.08. The zero-order valence-electron chi connectivity index (χ0n) is 14.5. The van der Waals surface area contributed by atoms with Gasteiger partial charge in [0.15, 0.2) is 6.10 Å². The number of carbonyl (C=O) groups is 1. The van der Waals surface area contributed by atoms with Gasteiger partial charge in [0.2, 0.25) is 0 Å². The molecule has 4 heteroatoms. The average molecular weight is 327 g/mol. The van der Waals surface area contributed by atoms with Crippen LogP contribution in [0.15, 0.2) is 42.5 Å². The number of aliphatic hydroxyl groups is 1. The van der Waals surface area contributed by atoms with Gasteiger partial charge in [-0.05, 0) is 61.6 Å². The molecule has 0 aliphatic heterocycles. The molecule has 1 atom stereocenters. The van der Waals surface area contributed by atoms with Crippen molar-refractivity contribution in [1.82, 2.24) is 5.32 Å². The summed E-state index contributed by atoms with van der Waals surface area (Å²) in [5, 5.41) is 12.1. The predicted octanol–water partition coefficient (Wildman–Crippen LogP) is 2.92. The van der Waals surface area contributed by atoms with E-state index in [-0.39, 0.29) is 12.5 Å². The summed E-state index contributed by atoms with van der Waals surface area (Å²) in [6.07, 6.45) is 0.216. The summed E-state index contributed by atoms with van der Waals surface area (Å²) in [7, 11) is 0. The van der Waals surface area contributed by atoms with Crippen molar-refractivity contribution >= 4 is 5.91 Å². The van der Waals surface area contributed by atoms with Gasteiger partial charge in [-0.15, -0.1) is 0 Å². The second-order valence-corrected chi connectivity index (χ2v) is 5.98. The van der Waals surface area contributed by atoms with Gasteiger partial charge in [0.05, 0.1) is 6.61 Å². The summed E-state index contributed by atoms with van der Waals surface area (Å²) in [6.45, 7) is 6.43. The fourth-order valence-corrected chi connectivity index (χ4v) is 2.67. The minimum absolute atomic E-state index is 0.0481. The number of amides is 1. The van der Waals surface area contributed by atoms with E-state index in [4.69, 9.17) is 9.84 Å². The number of hydrogen-bond acceptors (Lipinski definition) is 3. The van der Waals surface area contributed by atoms with Crippen molar-refractivity contribution in [2.45, 2.75) is 39.9 Å². The first-order valence-corrected chi connectivity index (χ1v) is 8.20. The number of benzene rings is 2. The number of aliphatic hydroxyl groups excluding tert-OH is 1. The molecule has 2 aromatic rings. The fraction of sp³-hybridized carbons (Fsp3) is 0.350. The van der Waals surface area contributed by atoms with Crippen molar-refractivity contribution in [2.75, 3.05) is 6.54 Å². The molecular formula is C20H25NO3. The van der Waals surface area contributed by atoms with E-state index in [1.54, 1.807) is 25.1 Å². The zero-order chi connectivity index (χ0) is 17.5. The molecule has 0 fully saturated rings. The number of aryl methyl sites for hydroxylation is 2. The van der Waals surface area contributed by atoms with Crippen LogP contribution in [0.5, 0.6) is 5.75 Å². The molecule has 0 radical (unpaired) electrons. The Kier molecular flexibility index (Phi) is 6.38. The molecule has 0 aliphatic carbocycles. The van der Waals surface area contributed by atoms with E-state index in [1.807, 2.05) is 12.1 Å². The lowest BCUT2D eigenvalue weighted by Crippen LogP contribution is -2.37. The van der Waals surface area contributed by atoms with E-state index in [0.717, 1.165) is 12.0 Å². The van der Waals surface area contributed by atoms with E-state index in [0.29, 0.717) is 12.3 Å². The number of hydrogen-bond donors (Lipinski definition) is 2. The van der Waals surface area contributed by atoms with Crippen molar-refractivity contribution in [3.8, 4) is 5.75 Å². The molecule has 0 bridgehead atoms. The number of carbonyl (C=O) groups excluding carboxylic acids is 1. The molecule has 2 rings (SSSR count).